The number of para-hydroxylation sites is 2. The average Bonchev–Trinajstić information content (AvgIpc) is 3.65. The number of H-pyrrole nitrogens is 2. The number of nitrogens with one attached hydrogen (secondary N) is 3. The first-order valence-electron chi connectivity index (χ1n) is 15.6. The molecule has 2 aromatic heterocycles. The molecule has 1 aliphatic heterocycles. The molecule has 1 fully saturated rings. The third kappa shape index (κ3) is 7.18. The molecule has 0 radical (unpaired) electrons. The monoisotopic (exact) mass is 625 g/mol. The van der Waals surface area contributed by atoms with E-state index in [0.717, 1.165) is 64.2 Å². The molecule has 1 aliphatic rings. The zero-order valence-corrected chi connectivity index (χ0v) is 26.6. The third-order valence-electron chi connectivity index (χ3n) is 9.02. The lowest BCUT2D eigenvalue weighted by molar-refractivity contribution is -0.131. The molecule has 3 N–H and O–H groups in total. The van der Waals surface area contributed by atoms with E-state index in [1.54, 1.807) is 18.9 Å². The summed E-state index contributed by atoms with van der Waals surface area (Å²) in [6.07, 6.45) is 6.65. The van der Waals surface area contributed by atoms with Gasteiger partial charge in [0, 0.05) is 64.8 Å². The number of fused-ring (bicyclic) bond motifs is 2. The lowest BCUT2D eigenvalue weighted by Crippen LogP contribution is -2.49. The van der Waals surface area contributed by atoms with Gasteiger partial charge in [0.05, 0.1) is 19.7 Å². The summed E-state index contributed by atoms with van der Waals surface area (Å²) < 4.78 is 5.55. The van der Waals surface area contributed by atoms with Crippen LogP contribution in [-0.4, -0.2) is 70.9 Å². The van der Waals surface area contributed by atoms with Crippen molar-refractivity contribution in [3.8, 4) is 5.75 Å². The van der Waals surface area contributed by atoms with E-state index in [2.05, 4.69) is 32.4 Å². The number of nitrogens with zero attached hydrogens (tertiary/aromatic N) is 2. The molecule has 2 amide bonds. The van der Waals surface area contributed by atoms with Gasteiger partial charge in [0.25, 0.3) is 0 Å². The molecule has 3 aromatic carbocycles. The van der Waals surface area contributed by atoms with Gasteiger partial charge in [-0.1, -0.05) is 48.0 Å². The summed E-state index contributed by atoms with van der Waals surface area (Å²) in [5, 5.41) is 6.34. The number of methoxy groups -OCH3 is 1. The quantitative estimate of drug-likeness (QED) is 0.161. The molecular formula is C36H40ClN5O3. The summed E-state index contributed by atoms with van der Waals surface area (Å²) >= 11 is 6.29. The van der Waals surface area contributed by atoms with Crippen molar-refractivity contribution in [2.45, 2.75) is 44.7 Å². The Hall–Kier alpha value is -4.27. The predicted molar refractivity (Wildman–Crippen MR) is 180 cm³/mol. The highest BCUT2D eigenvalue weighted by Gasteiger charge is 2.26. The topological polar surface area (TPSA) is 93.5 Å². The minimum atomic E-state index is -0.274. The van der Waals surface area contributed by atoms with E-state index >= 15 is 0 Å². The first-order valence-corrected chi connectivity index (χ1v) is 16.0. The first kappa shape index (κ1) is 30.7. The van der Waals surface area contributed by atoms with Gasteiger partial charge in [-0.3, -0.25) is 14.5 Å². The molecule has 0 saturated carbocycles. The van der Waals surface area contributed by atoms with Crippen molar-refractivity contribution in [2.75, 3.05) is 33.3 Å². The Morgan fingerprint density at radius 3 is 2.51 bits per heavy atom. The maximum absolute atomic E-state index is 13.5. The van der Waals surface area contributed by atoms with Gasteiger partial charge in [-0.25, -0.2) is 0 Å². The molecule has 8 nitrogen and oxygen atoms in total. The molecule has 0 spiro atoms. The summed E-state index contributed by atoms with van der Waals surface area (Å²) in [6.45, 7) is 4.35. The summed E-state index contributed by atoms with van der Waals surface area (Å²) in [7, 11) is 1.63. The molecule has 1 atom stereocenters. The van der Waals surface area contributed by atoms with Crippen LogP contribution >= 0.6 is 11.6 Å². The van der Waals surface area contributed by atoms with E-state index < -0.39 is 0 Å². The number of halogens is 1. The van der Waals surface area contributed by atoms with Gasteiger partial charge in [0.1, 0.15) is 5.75 Å². The Bertz CT molecular complexity index is 1790. The molecule has 1 unspecified atom stereocenters. The second-order valence-corrected chi connectivity index (χ2v) is 12.5. The number of hydrogen-bond donors (Lipinski definition) is 3. The van der Waals surface area contributed by atoms with E-state index in [1.165, 1.54) is 10.9 Å². The summed E-state index contributed by atoms with van der Waals surface area (Å²) in [6, 6.07) is 21.6. The van der Waals surface area contributed by atoms with Crippen LogP contribution in [0.2, 0.25) is 5.02 Å². The van der Waals surface area contributed by atoms with Crippen LogP contribution in [0.5, 0.6) is 5.75 Å². The highest BCUT2D eigenvalue weighted by molar-refractivity contribution is 6.31. The number of carbonyl (C=O) groups is 2. The number of carbonyl (C=O) groups excluding carboxylic acids is 2. The highest BCUT2D eigenvalue weighted by Crippen LogP contribution is 2.34. The number of hydrogen-bond acceptors (Lipinski definition) is 4. The van der Waals surface area contributed by atoms with Gasteiger partial charge in [0.15, 0.2) is 0 Å². The zero-order chi connectivity index (χ0) is 31.3. The molecule has 1 saturated heterocycles. The van der Waals surface area contributed by atoms with Gasteiger partial charge in [-0.05, 0) is 79.7 Å². The second-order valence-electron chi connectivity index (χ2n) is 12.0. The van der Waals surface area contributed by atoms with Crippen LogP contribution in [-0.2, 0) is 22.6 Å². The lowest BCUT2D eigenvalue weighted by atomic mass is 9.89. The number of amides is 2. The van der Waals surface area contributed by atoms with Crippen molar-refractivity contribution >= 4 is 45.2 Å². The van der Waals surface area contributed by atoms with Crippen LogP contribution in [0, 0.1) is 0 Å². The van der Waals surface area contributed by atoms with Crippen LogP contribution in [0.3, 0.4) is 0 Å². The predicted octanol–water partition coefficient (Wildman–Crippen LogP) is 6.27. The highest BCUT2D eigenvalue weighted by atomic mass is 35.5. The smallest absolute Gasteiger partial charge is 0.234 e. The van der Waals surface area contributed by atoms with Gasteiger partial charge in [0.2, 0.25) is 11.8 Å². The number of ether oxygens (including phenoxy) is 1. The van der Waals surface area contributed by atoms with Crippen molar-refractivity contribution in [3.63, 3.8) is 0 Å². The minimum Gasteiger partial charge on any atom is -0.496 e. The number of likely N-dealkylation sites (tertiary alicyclic amines) is 1. The van der Waals surface area contributed by atoms with E-state index in [-0.39, 0.29) is 17.9 Å². The molecule has 9 heteroatoms. The maximum Gasteiger partial charge on any atom is 0.234 e. The fraction of sp³-hybridized carbons (Fsp3) is 0.333. The van der Waals surface area contributed by atoms with Crippen LogP contribution in [0.25, 0.3) is 21.8 Å². The van der Waals surface area contributed by atoms with Crippen molar-refractivity contribution in [1.82, 2.24) is 25.1 Å². The number of benzene rings is 3. The Morgan fingerprint density at radius 1 is 0.978 bits per heavy atom. The molecule has 0 aliphatic carbocycles. The largest absolute Gasteiger partial charge is 0.496 e. The van der Waals surface area contributed by atoms with Gasteiger partial charge in [-0.2, -0.15) is 0 Å². The Morgan fingerprint density at radius 2 is 1.71 bits per heavy atom. The molecule has 5 aromatic rings. The van der Waals surface area contributed by atoms with Crippen molar-refractivity contribution in [2.24, 2.45) is 0 Å². The van der Waals surface area contributed by atoms with E-state index in [9.17, 15) is 9.59 Å². The number of aromatic amines is 2. The van der Waals surface area contributed by atoms with E-state index in [1.807, 2.05) is 66.9 Å². The average molecular weight is 626 g/mol. The van der Waals surface area contributed by atoms with Gasteiger partial charge in [-0.15, -0.1) is 0 Å². The van der Waals surface area contributed by atoms with Crippen LogP contribution in [0.1, 0.15) is 42.4 Å². The first-order chi connectivity index (χ1) is 21.9. The Balaban J connectivity index is 1.13. The maximum atomic E-state index is 13.5. The van der Waals surface area contributed by atoms with Gasteiger partial charge >= 0.3 is 0 Å². The van der Waals surface area contributed by atoms with Crippen LogP contribution in [0.15, 0.2) is 79.1 Å². The Labute approximate surface area is 268 Å². The lowest BCUT2D eigenvalue weighted by Gasteiger charge is -2.32. The van der Waals surface area contributed by atoms with Crippen molar-refractivity contribution < 1.29 is 14.3 Å². The number of rotatable bonds is 11. The van der Waals surface area contributed by atoms with E-state index in [0.29, 0.717) is 32.0 Å². The summed E-state index contributed by atoms with van der Waals surface area (Å²) in [5.74, 6) is 1.07. The summed E-state index contributed by atoms with van der Waals surface area (Å²) in [4.78, 5) is 37.2. The number of piperidine rings is 1. The summed E-state index contributed by atoms with van der Waals surface area (Å²) in [5.41, 5.74) is 5.48. The number of aromatic nitrogens is 2. The van der Waals surface area contributed by atoms with E-state index in [4.69, 9.17) is 16.3 Å². The van der Waals surface area contributed by atoms with Crippen LogP contribution < -0.4 is 10.1 Å². The molecule has 45 heavy (non-hydrogen) atoms. The fourth-order valence-electron chi connectivity index (χ4n) is 6.67. The third-order valence-corrected chi connectivity index (χ3v) is 9.25. The fourth-order valence-corrected chi connectivity index (χ4v) is 6.84. The molecule has 3 heterocycles. The molecule has 6 rings (SSSR count). The van der Waals surface area contributed by atoms with Crippen molar-refractivity contribution in [1.29, 1.82) is 0 Å². The SMILES string of the molecule is COc1ccccc1CN(CC(Cc1c[nH]c2ccccc12)NC(=O)CN1CCC(c2c[nH]c3ccc(Cl)cc23)CC1)C(C)=O. The minimum absolute atomic E-state index is 0.0297. The zero-order valence-electron chi connectivity index (χ0n) is 25.8. The van der Waals surface area contributed by atoms with Crippen LogP contribution in [0.4, 0.5) is 0 Å². The Kier molecular flexibility index (Phi) is 9.42. The van der Waals surface area contributed by atoms with Crippen molar-refractivity contribution in [3.05, 3.63) is 101 Å². The molecule has 234 valence electrons. The second kappa shape index (κ2) is 13.8. The molecular weight excluding hydrogens is 586 g/mol. The molecule has 0 bridgehead atoms. The van der Waals surface area contributed by atoms with Gasteiger partial charge < -0.3 is 24.9 Å². The normalized spacial score (nSPS) is 14.9. The standard InChI is InChI=1S/C36H40ClN5O3/c1-24(43)42(21-26-7-3-6-10-35(26)45-2)22-29(17-27-19-38-33-9-5-4-8-30(27)33)40-36(44)23-41-15-13-25(14-16-41)32-20-39-34-12-11-28(37)18-31(32)34/h3-12,18-20,25,29,38-39H,13-17,21-23H2,1-2H3,(H,40,44).